The molecule has 34 heavy (non-hydrogen) atoms. The Bertz CT molecular complexity index is 1020. The predicted molar refractivity (Wildman–Crippen MR) is 140 cm³/mol. The maximum atomic E-state index is 12.7. The summed E-state index contributed by atoms with van der Waals surface area (Å²) in [6.45, 7) is 0.552. The minimum absolute atomic E-state index is 0.106. The molecule has 0 aliphatic rings. The number of methoxy groups -OCH3 is 1. The molecule has 6 heteroatoms. The topological polar surface area (TPSA) is 51.2 Å². The Hall–Kier alpha value is -2.56. The number of carbonyl (C=O) groups excluding carboxylic acids is 1. The van der Waals surface area contributed by atoms with Crippen LogP contribution in [0.25, 0.3) is 0 Å². The standard InChI is InChI=1S/C28H32Cl2N2O2/c1-34-24-15-9-14-22(16-24)23(13-8-3-2-5-10-21-11-6-4-7-12-21)18-32-28(33)17-25-26(29)19-31-20-27(25)30/h4,6-7,9,11-12,14-16,19-20,23H,2-3,5,8,10,13,17-18H2,1H3,(H,32,33). The number of halogens is 2. The lowest BCUT2D eigenvalue weighted by atomic mass is 9.92. The molecule has 2 aromatic carbocycles. The van der Waals surface area contributed by atoms with Crippen LogP contribution in [0.4, 0.5) is 0 Å². The third-order valence-electron chi connectivity index (χ3n) is 6.01. The molecule has 0 aliphatic heterocycles. The lowest BCUT2D eigenvalue weighted by Gasteiger charge is -2.19. The van der Waals surface area contributed by atoms with Crippen molar-refractivity contribution in [3.8, 4) is 5.75 Å². The highest BCUT2D eigenvalue weighted by atomic mass is 35.5. The maximum Gasteiger partial charge on any atom is 0.224 e. The Labute approximate surface area is 212 Å². The smallest absolute Gasteiger partial charge is 0.224 e. The second-order valence-electron chi connectivity index (χ2n) is 8.47. The van der Waals surface area contributed by atoms with E-state index in [0.29, 0.717) is 22.2 Å². The number of benzene rings is 2. The minimum Gasteiger partial charge on any atom is -0.497 e. The van der Waals surface area contributed by atoms with Gasteiger partial charge in [-0.15, -0.1) is 0 Å². The summed E-state index contributed by atoms with van der Waals surface area (Å²) < 4.78 is 5.41. The van der Waals surface area contributed by atoms with Gasteiger partial charge in [-0.2, -0.15) is 0 Å². The molecule has 0 radical (unpaired) electrons. The van der Waals surface area contributed by atoms with Crippen molar-refractivity contribution in [3.63, 3.8) is 0 Å². The Balaban J connectivity index is 1.52. The number of ether oxygens (including phenoxy) is 1. The third kappa shape index (κ3) is 8.34. The number of carbonyl (C=O) groups is 1. The molecule has 0 spiro atoms. The van der Waals surface area contributed by atoms with Gasteiger partial charge in [-0.05, 0) is 42.5 Å². The van der Waals surface area contributed by atoms with Gasteiger partial charge in [-0.3, -0.25) is 9.78 Å². The van der Waals surface area contributed by atoms with Crippen molar-refractivity contribution in [2.75, 3.05) is 13.7 Å². The van der Waals surface area contributed by atoms with Crippen molar-refractivity contribution in [1.29, 1.82) is 0 Å². The van der Waals surface area contributed by atoms with Gasteiger partial charge >= 0.3 is 0 Å². The normalized spacial score (nSPS) is 11.7. The molecule has 3 rings (SSSR count). The Morgan fingerprint density at radius 1 is 0.971 bits per heavy atom. The van der Waals surface area contributed by atoms with E-state index in [2.05, 4.69) is 52.8 Å². The molecule has 1 heterocycles. The van der Waals surface area contributed by atoms with Crippen LogP contribution in [0.3, 0.4) is 0 Å². The van der Waals surface area contributed by atoms with Gasteiger partial charge in [-0.1, -0.05) is 84.9 Å². The SMILES string of the molecule is COc1cccc(C(CCCCCCc2ccccc2)CNC(=O)Cc2c(Cl)cncc2Cl)c1. The van der Waals surface area contributed by atoms with Crippen LogP contribution >= 0.6 is 23.2 Å². The van der Waals surface area contributed by atoms with Crippen molar-refractivity contribution in [2.24, 2.45) is 0 Å². The summed E-state index contributed by atoms with van der Waals surface area (Å²) in [4.78, 5) is 16.6. The van der Waals surface area contributed by atoms with E-state index < -0.39 is 0 Å². The van der Waals surface area contributed by atoms with E-state index in [1.807, 2.05) is 12.1 Å². The van der Waals surface area contributed by atoms with Crippen LogP contribution in [-0.2, 0) is 17.6 Å². The molecule has 3 aromatic rings. The minimum atomic E-state index is -0.106. The number of amides is 1. The lowest BCUT2D eigenvalue weighted by molar-refractivity contribution is -0.120. The molecule has 0 fully saturated rings. The van der Waals surface area contributed by atoms with Gasteiger partial charge in [0.25, 0.3) is 0 Å². The Morgan fingerprint density at radius 2 is 1.71 bits per heavy atom. The highest BCUT2D eigenvalue weighted by Gasteiger charge is 2.16. The Morgan fingerprint density at radius 3 is 2.44 bits per heavy atom. The molecule has 0 saturated heterocycles. The molecule has 0 bridgehead atoms. The third-order valence-corrected chi connectivity index (χ3v) is 6.66. The summed E-state index contributed by atoms with van der Waals surface area (Å²) in [5.41, 5.74) is 3.17. The van der Waals surface area contributed by atoms with Gasteiger partial charge in [0, 0.05) is 30.4 Å². The monoisotopic (exact) mass is 498 g/mol. The molecular formula is C28H32Cl2N2O2. The first-order valence-electron chi connectivity index (χ1n) is 11.8. The molecule has 1 N–H and O–H groups in total. The van der Waals surface area contributed by atoms with Gasteiger partial charge < -0.3 is 10.1 Å². The van der Waals surface area contributed by atoms with Crippen molar-refractivity contribution in [1.82, 2.24) is 10.3 Å². The van der Waals surface area contributed by atoms with Crippen molar-refractivity contribution in [2.45, 2.75) is 50.9 Å². The summed E-state index contributed by atoms with van der Waals surface area (Å²) in [5.74, 6) is 0.925. The second kappa shape index (κ2) is 14.0. The Kier molecular flexibility index (Phi) is 10.7. The number of aryl methyl sites for hydroxylation is 1. The van der Waals surface area contributed by atoms with Gasteiger partial charge in [0.1, 0.15) is 5.75 Å². The summed E-state index contributed by atoms with van der Waals surface area (Å²) in [5, 5.41) is 3.89. The first-order chi connectivity index (χ1) is 16.6. The van der Waals surface area contributed by atoms with Crippen LogP contribution < -0.4 is 10.1 Å². The average Bonchev–Trinajstić information content (AvgIpc) is 2.86. The predicted octanol–water partition coefficient (Wildman–Crippen LogP) is 7.03. The molecule has 1 atom stereocenters. The van der Waals surface area contributed by atoms with E-state index in [-0.39, 0.29) is 18.2 Å². The largest absolute Gasteiger partial charge is 0.497 e. The summed E-state index contributed by atoms with van der Waals surface area (Å²) in [6.07, 6.45) is 9.93. The van der Waals surface area contributed by atoms with Crippen LogP contribution in [0.5, 0.6) is 5.75 Å². The molecule has 1 amide bonds. The maximum absolute atomic E-state index is 12.7. The molecule has 180 valence electrons. The summed E-state index contributed by atoms with van der Waals surface area (Å²) in [7, 11) is 1.67. The van der Waals surface area contributed by atoms with Gasteiger partial charge in [0.2, 0.25) is 5.91 Å². The number of hydrogen-bond donors (Lipinski definition) is 1. The zero-order valence-electron chi connectivity index (χ0n) is 19.6. The van der Waals surface area contributed by atoms with Crippen LogP contribution in [-0.4, -0.2) is 24.5 Å². The van der Waals surface area contributed by atoms with E-state index in [4.69, 9.17) is 27.9 Å². The molecular weight excluding hydrogens is 467 g/mol. The molecule has 0 aliphatic carbocycles. The zero-order chi connectivity index (χ0) is 24.2. The fraction of sp³-hybridized carbons (Fsp3) is 0.357. The number of nitrogens with zero attached hydrogens (tertiary/aromatic N) is 1. The van der Waals surface area contributed by atoms with Crippen molar-refractivity contribution < 1.29 is 9.53 Å². The highest BCUT2D eigenvalue weighted by molar-refractivity contribution is 6.36. The van der Waals surface area contributed by atoms with E-state index in [9.17, 15) is 4.79 Å². The number of rotatable bonds is 13. The van der Waals surface area contributed by atoms with Gasteiger partial charge in [0.05, 0.1) is 23.6 Å². The van der Waals surface area contributed by atoms with Crippen molar-refractivity contribution in [3.05, 3.63) is 93.7 Å². The van der Waals surface area contributed by atoms with Crippen LogP contribution in [0.2, 0.25) is 10.0 Å². The first-order valence-corrected chi connectivity index (χ1v) is 12.5. The number of pyridine rings is 1. The fourth-order valence-corrected chi connectivity index (χ4v) is 4.57. The first kappa shape index (κ1) is 26.1. The van der Waals surface area contributed by atoms with E-state index in [1.165, 1.54) is 42.8 Å². The zero-order valence-corrected chi connectivity index (χ0v) is 21.1. The summed E-state index contributed by atoms with van der Waals surface area (Å²) >= 11 is 12.3. The van der Waals surface area contributed by atoms with E-state index in [1.54, 1.807) is 7.11 Å². The molecule has 4 nitrogen and oxygen atoms in total. The highest BCUT2D eigenvalue weighted by Crippen LogP contribution is 2.26. The number of hydrogen-bond acceptors (Lipinski definition) is 3. The van der Waals surface area contributed by atoms with Crippen LogP contribution in [0, 0.1) is 0 Å². The molecule has 1 aromatic heterocycles. The quantitative estimate of drug-likeness (QED) is 0.257. The number of nitrogens with one attached hydrogen (secondary N) is 1. The van der Waals surface area contributed by atoms with Crippen LogP contribution in [0.1, 0.15) is 54.7 Å². The van der Waals surface area contributed by atoms with E-state index >= 15 is 0 Å². The summed E-state index contributed by atoms with van der Waals surface area (Å²) in [6, 6.07) is 18.7. The van der Waals surface area contributed by atoms with Gasteiger partial charge in [-0.25, -0.2) is 0 Å². The lowest BCUT2D eigenvalue weighted by Crippen LogP contribution is -2.30. The number of unbranched alkanes of at least 4 members (excludes halogenated alkanes) is 3. The van der Waals surface area contributed by atoms with Gasteiger partial charge in [0.15, 0.2) is 0 Å². The average molecular weight is 499 g/mol. The molecule has 0 saturated carbocycles. The second-order valence-corrected chi connectivity index (χ2v) is 9.29. The van der Waals surface area contributed by atoms with E-state index in [0.717, 1.165) is 25.0 Å². The van der Waals surface area contributed by atoms with Crippen molar-refractivity contribution >= 4 is 29.1 Å². The number of aromatic nitrogens is 1. The molecule has 1 unspecified atom stereocenters. The fourth-order valence-electron chi connectivity index (χ4n) is 4.07. The van der Waals surface area contributed by atoms with Crippen LogP contribution in [0.15, 0.2) is 67.0 Å².